The van der Waals surface area contributed by atoms with Gasteiger partial charge in [-0.1, -0.05) is 13.8 Å². The third kappa shape index (κ3) is 4.25. The standard InChI is InChI=1S/C18H20FNO6/c1-4-25-16(21)14(19)9-13-15(18(13,2)3)17(22)26-10-11-5-7-12(8-6-11)20(23)24/h5-9,13,15H,4,10H2,1-3H3/b14-9+/t13-,15-/m0/s1. The first-order valence-corrected chi connectivity index (χ1v) is 8.12. The molecule has 0 unspecified atom stereocenters. The van der Waals surface area contributed by atoms with E-state index in [1.54, 1.807) is 20.8 Å². The summed E-state index contributed by atoms with van der Waals surface area (Å²) in [6, 6.07) is 5.65. The van der Waals surface area contributed by atoms with E-state index in [1.807, 2.05) is 0 Å². The molecule has 0 saturated heterocycles. The molecular formula is C18H20FNO6. The number of nitrogens with zero attached hydrogens (tertiary/aromatic N) is 1. The van der Waals surface area contributed by atoms with Crippen LogP contribution in [0.15, 0.2) is 36.2 Å². The summed E-state index contributed by atoms with van der Waals surface area (Å²) in [7, 11) is 0. The van der Waals surface area contributed by atoms with Crippen molar-refractivity contribution in [3.8, 4) is 0 Å². The number of hydrogen-bond donors (Lipinski definition) is 0. The molecule has 26 heavy (non-hydrogen) atoms. The van der Waals surface area contributed by atoms with Crippen molar-refractivity contribution in [2.24, 2.45) is 17.3 Å². The third-order valence-corrected chi connectivity index (χ3v) is 4.49. The Morgan fingerprint density at radius 2 is 1.88 bits per heavy atom. The van der Waals surface area contributed by atoms with Crippen LogP contribution in [-0.4, -0.2) is 23.5 Å². The van der Waals surface area contributed by atoms with Gasteiger partial charge in [-0.05, 0) is 42.0 Å². The van der Waals surface area contributed by atoms with Gasteiger partial charge in [0.2, 0.25) is 5.83 Å². The second-order valence-corrected chi connectivity index (χ2v) is 6.59. The number of allylic oxidation sites excluding steroid dienone is 1. The first-order chi connectivity index (χ1) is 12.2. The van der Waals surface area contributed by atoms with Crippen molar-refractivity contribution in [3.63, 3.8) is 0 Å². The lowest BCUT2D eigenvalue weighted by Crippen LogP contribution is -2.10. The number of non-ortho nitro benzene ring substituents is 1. The van der Waals surface area contributed by atoms with Crippen molar-refractivity contribution >= 4 is 17.6 Å². The van der Waals surface area contributed by atoms with Crippen LogP contribution in [0.2, 0.25) is 0 Å². The summed E-state index contributed by atoms with van der Waals surface area (Å²) < 4.78 is 23.6. The number of ether oxygens (including phenoxy) is 2. The molecule has 0 radical (unpaired) electrons. The number of benzene rings is 1. The molecule has 2 rings (SSSR count). The minimum absolute atomic E-state index is 0.0415. The lowest BCUT2D eigenvalue weighted by molar-refractivity contribution is -0.384. The van der Waals surface area contributed by atoms with Crippen molar-refractivity contribution in [1.29, 1.82) is 0 Å². The van der Waals surface area contributed by atoms with E-state index < -0.39 is 39.9 Å². The Balaban J connectivity index is 1.95. The van der Waals surface area contributed by atoms with Gasteiger partial charge in [-0.25, -0.2) is 4.79 Å². The van der Waals surface area contributed by atoms with Crippen molar-refractivity contribution in [3.05, 3.63) is 51.8 Å². The SMILES string of the molecule is CCOC(=O)/C(F)=C\[C@H]1[C@@H](C(=O)OCc2ccc([N+](=O)[O-])cc2)C1(C)C. The zero-order chi connectivity index (χ0) is 19.5. The fourth-order valence-electron chi connectivity index (χ4n) is 2.82. The second kappa shape index (κ2) is 7.63. The zero-order valence-corrected chi connectivity index (χ0v) is 14.7. The molecule has 0 heterocycles. The molecule has 8 heteroatoms. The van der Waals surface area contributed by atoms with Crippen LogP contribution in [0, 0.1) is 27.4 Å². The normalized spacial score (nSPS) is 21.0. The van der Waals surface area contributed by atoms with Gasteiger partial charge in [0.05, 0.1) is 17.4 Å². The number of rotatable bonds is 7. The van der Waals surface area contributed by atoms with Crippen LogP contribution < -0.4 is 0 Å². The zero-order valence-electron chi connectivity index (χ0n) is 14.7. The van der Waals surface area contributed by atoms with Crippen molar-refractivity contribution < 1.29 is 28.4 Å². The first kappa shape index (κ1) is 19.6. The molecule has 1 aliphatic rings. The molecule has 0 aromatic heterocycles. The van der Waals surface area contributed by atoms with E-state index in [1.165, 1.54) is 24.3 Å². The molecule has 0 N–H and O–H groups in total. The minimum atomic E-state index is -1.05. The average molecular weight is 365 g/mol. The highest BCUT2D eigenvalue weighted by atomic mass is 19.1. The summed E-state index contributed by atoms with van der Waals surface area (Å²) in [6.45, 7) is 5.16. The third-order valence-electron chi connectivity index (χ3n) is 4.49. The first-order valence-electron chi connectivity index (χ1n) is 8.12. The fraction of sp³-hybridized carbons (Fsp3) is 0.444. The molecule has 1 aromatic carbocycles. The number of esters is 2. The van der Waals surface area contributed by atoms with Gasteiger partial charge in [-0.3, -0.25) is 14.9 Å². The van der Waals surface area contributed by atoms with Gasteiger partial charge in [0, 0.05) is 12.1 Å². The Morgan fingerprint density at radius 1 is 1.27 bits per heavy atom. The predicted molar refractivity (Wildman–Crippen MR) is 89.5 cm³/mol. The van der Waals surface area contributed by atoms with E-state index in [0.29, 0.717) is 5.56 Å². The van der Waals surface area contributed by atoms with Gasteiger partial charge in [0.25, 0.3) is 5.69 Å². The molecule has 1 fully saturated rings. The number of carbonyl (C=O) groups is 2. The Hall–Kier alpha value is -2.77. The summed E-state index contributed by atoms with van der Waals surface area (Å²) in [6.07, 6.45) is 1.11. The van der Waals surface area contributed by atoms with Crippen LogP contribution in [0.5, 0.6) is 0 Å². The van der Waals surface area contributed by atoms with Gasteiger partial charge < -0.3 is 9.47 Å². The monoisotopic (exact) mass is 365 g/mol. The molecule has 1 aliphatic carbocycles. The molecule has 0 amide bonds. The van der Waals surface area contributed by atoms with E-state index in [4.69, 9.17) is 4.74 Å². The molecule has 2 atom stereocenters. The highest BCUT2D eigenvalue weighted by Gasteiger charge is 2.62. The Bertz CT molecular complexity index is 741. The van der Waals surface area contributed by atoms with Crippen LogP contribution in [0.1, 0.15) is 26.3 Å². The van der Waals surface area contributed by atoms with Crippen LogP contribution in [0.25, 0.3) is 0 Å². The lowest BCUT2D eigenvalue weighted by Gasteiger charge is -2.05. The Morgan fingerprint density at radius 3 is 2.42 bits per heavy atom. The number of nitro benzene ring substituents is 1. The van der Waals surface area contributed by atoms with E-state index in [0.717, 1.165) is 6.08 Å². The van der Waals surface area contributed by atoms with E-state index in [-0.39, 0.29) is 18.9 Å². The van der Waals surface area contributed by atoms with E-state index in [2.05, 4.69) is 4.74 Å². The molecule has 140 valence electrons. The average Bonchev–Trinajstić information content (AvgIpc) is 3.13. The lowest BCUT2D eigenvalue weighted by atomic mass is 10.1. The smallest absolute Gasteiger partial charge is 0.366 e. The molecule has 0 spiro atoms. The summed E-state index contributed by atoms with van der Waals surface area (Å²) >= 11 is 0. The largest absolute Gasteiger partial charge is 0.461 e. The van der Waals surface area contributed by atoms with Crippen LogP contribution in [-0.2, 0) is 25.7 Å². The number of halogens is 1. The van der Waals surface area contributed by atoms with Gasteiger partial charge in [0.1, 0.15) is 6.61 Å². The quantitative estimate of drug-likeness (QED) is 0.318. The van der Waals surface area contributed by atoms with Crippen molar-refractivity contribution in [1.82, 2.24) is 0 Å². The molecule has 1 saturated carbocycles. The summed E-state index contributed by atoms with van der Waals surface area (Å²) in [5, 5.41) is 10.6. The van der Waals surface area contributed by atoms with Gasteiger partial charge in [-0.2, -0.15) is 4.39 Å². The van der Waals surface area contributed by atoms with E-state index in [9.17, 15) is 24.1 Å². The van der Waals surface area contributed by atoms with Crippen LogP contribution in [0.3, 0.4) is 0 Å². The van der Waals surface area contributed by atoms with Gasteiger partial charge in [-0.15, -0.1) is 0 Å². The summed E-state index contributed by atoms with van der Waals surface area (Å²) in [5.74, 6) is -3.60. The molecule has 0 aliphatic heterocycles. The molecular weight excluding hydrogens is 345 g/mol. The van der Waals surface area contributed by atoms with E-state index >= 15 is 0 Å². The molecule has 0 bridgehead atoms. The number of nitro groups is 1. The predicted octanol–water partition coefficient (Wildman–Crippen LogP) is 3.33. The molecule has 1 aromatic rings. The number of hydrogen-bond acceptors (Lipinski definition) is 6. The minimum Gasteiger partial charge on any atom is -0.461 e. The highest BCUT2D eigenvalue weighted by Crippen LogP contribution is 2.60. The van der Waals surface area contributed by atoms with Crippen LogP contribution in [0.4, 0.5) is 10.1 Å². The second-order valence-electron chi connectivity index (χ2n) is 6.59. The van der Waals surface area contributed by atoms with Gasteiger partial charge in [0.15, 0.2) is 0 Å². The Labute approximate surface area is 149 Å². The number of carbonyl (C=O) groups excluding carboxylic acids is 2. The summed E-state index contributed by atoms with van der Waals surface area (Å²) in [5.41, 5.74) is 0.0198. The van der Waals surface area contributed by atoms with Gasteiger partial charge >= 0.3 is 11.9 Å². The van der Waals surface area contributed by atoms with Crippen LogP contribution >= 0.6 is 0 Å². The topological polar surface area (TPSA) is 95.7 Å². The Kier molecular flexibility index (Phi) is 5.74. The fourth-order valence-corrected chi connectivity index (χ4v) is 2.82. The molecule has 7 nitrogen and oxygen atoms in total. The highest BCUT2D eigenvalue weighted by molar-refractivity contribution is 5.86. The maximum absolute atomic E-state index is 13.8. The van der Waals surface area contributed by atoms with Crippen molar-refractivity contribution in [2.45, 2.75) is 27.4 Å². The van der Waals surface area contributed by atoms with Crippen molar-refractivity contribution in [2.75, 3.05) is 6.61 Å². The summed E-state index contributed by atoms with van der Waals surface area (Å²) in [4.78, 5) is 33.7. The maximum atomic E-state index is 13.8. The maximum Gasteiger partial charge on any atom is 0.366 e.